The lowest BCUT2D eigenvalue weighted by Crippen LogP contribution is -2.44. The van der Waals surface area contributed by atoms with Gasteiger partial charge in [-0.3, -0.25) is 0 Å². The molecule has 1 fully saturated rings. The Labute approximate surface area is 100 Å². The minimum Gasteiger partial charge on any atom is -0.411 e. The Morgan fingerprint density at radius 3 is 2.38 bits per heavy atom. The fourth-order valence-corrected chi connectivity index (χ4v) is 3.05. The molecule has 1 saturated heterocycles. The Kier molecular flexibility index (Phi) is 4.22. The normalized spacial score (nSPS) is 27.9. The van der Waals surface area contributed by atoms with Gasteiger partial charge in [0.15, 0.2) is 8.32 Å². The largest absolute Gasteiger partial charge is 0.411 e. The molecule has 16 heavy (non-hydrogen) atoms. The molecule has 0 aromatic heterocycles. The third-order valence-electron chi connectivity index (χ3n) is 3.78. The second-order valence-corrected chi connectivity index (χ2v) is 11.0. The molecule has 1 aliphatic heterocycles. The molecule has 3 atom stereocenters. The average molecular weight is 246 g/mol. The van der Waals surface area contributed by atoms with Crippen LogP contribution >= 0.6 is 0 Å². The molecule has 1 N–H and O–H groups in total. The van der Waals surface area contributed by atoms with Crippen molar-refractivity contribution in [2.75, 3.05) is 6.61 Å². The predicted molar refractivity (Wildman–Crippen MR) is 68.1 cm³/mol. The molecule has 1 rings (SSSR count). The standard InChI is InChI=1S/C12H26O3Si/c1-9(11-10(14-11)7-8-13)15-16(5,6)12(2,3)4/h9-11,13H,7-8H2,1-6H3/t9-,10+,11-/m0/s1. The van der Waals surface area contributed by atoms with E-state index in [4.69, 9.17) is 14.3 Å². The Hall–Kier alpha value is 0.0969. The zero-order valence-electron chi connectivity index (χ0n) is 11.4. The van der Waals surface area contributed by atoms with Crippen molar-refractivity contribution in [3.63, 3.8) is 0 Å². The minimum absolute atomic E-state index is 0.150. The summed E-state index contributed by atoms with van der Waals surface area (Å²) in [5.41, 5.74) is 0. The number of aliphatic hydroxyl groups is 1. The summed E-state index contributed by atoms with van der Waals surface area (Å²) in [6.45, 7) is 13.5. The van der Waals surface area contributed by atoms with Crippen LogP contribution in [0.4, 0.5) is 0 Å². The first-order valence-corrected chi connectivity index (χ1v) is 9.04. The quantitative estimate of drug-likeness (QED) is 0.599. The fourth-order valence-electron chi connectivity index (χ4n) is 1.64. The van der Waals surface area contributed by atoms with Gasteiger partial charge in [-0.2, -0.15) is 0 Å². The van der Waals surface area contributed by atoms with Gasteiger partial charge in [0, 0.05) is 6.61 Å². The van der Waals surface area contributed by atoms with Crippen molar-refractivity contribution in [3.8, 4) is 0 Å². The summed E-state index contributed by atoms with van der Waals surface area (Å²) in [6.07, 6.45) is 1.29. The first kappa shape index (κ1) is 14.2. The summed E-state index contributed by atoms with van der Waals surface area (Å²) in [6, 6.07) is 0. The van der Waals surface area contributed by atoms with E-state index in [0.29, 0.717) is 0 Å². The van der Waals surface area contributed by atoms with E-state index in [-0.39, 0.29) is 30.0 Å². The highest BCUT2D eigenvalue weighted by Gasteiger charge is 2.47. The lowest BCUT2D eigenvalue weighted by atomic mass is 10.2. The number of aliphatic hydroxyl groups excluding tert-OH is 1. The monoisotopic (exact) mass is 246 g/mol. The lowest BCUT2D eigenvalue weighted by Gasteiger charge is -2.38. The zero-order chi connectivity index (χ0) is 12.6. The predicted octanol–water partition coefficient (Wildman–Crippen LogP) is 2.55. The summed E-state index contributed by atoms with van der Waals surface area (Å²) in [5, 5.41) is 9.06. The van der Waals surface area contributed by atoms with E-state index in [2.05, 4.69) is 40.8 Å². The molecule has 1 aliphatic rings. The van der Waals surface area contributed by atoms with Gasteiger partial charge in [-0.25, -0.2) is 0 Å². The third-order valence-corrected chi connectivity index (χ3v) is 8.36. The highest BCUT2D eigenvalue weighted by Crippen LogP contribution is 2.39. The average Bonchev–Trinajstić information content (AvgIpc) is 2.81. The van der Waals surface area contributed by atoms with Crippen molar-refractivity contribution in [3.05, 3.63) is 0 Å². The van der Waals surface area contributed by atoms with Crippen LogP contribution in [0.15, 0.2) is 0 Å². The molecular formula is C12H26O3Si. The van der Waals surface area contributed by atoms with E-state index in [1.807, 2.05) is 0 Å². The van der Waals surface area contributed by atoms with Crippen LogP contribution < -0.4 is 0 Å². The summed E-state index contributed by atoms with van der Waals surface area (Å²) in [4.78, 5) is 0. The summed E-state index contributed by atoms with van der Waals surface area (Å²) < 4.78 is 11.7. The van der Waals surface area contributed by atoms with E-state index in [0.717, 1.165) is 6.42 Å². The molecule has 0 amide bonds. The van der Waals surface area contributed by atoms with Gasteiger partial charge in [0.2, 0.25) is 0 Å². The third kappa shape index (κ3) is 3.29. The number of ether oxygens (including phenoxy) is 1. The van der Waals surface area contributed by atoms with Gasteiger partial charge in [-0.05, 0) is 31.5 Å². The molecule has 0 saturated carbocycles. The van der Waals surface area contributed by atoms with Crippen molar-refractivity contribution in [2.45, 2.75) is 70.6 Å². The van der Waals surface area contributed by atoms with Crippen LogP contribution in [-0.2, 0) is 9.16 Å². The van der Waals surface area contributed by atoms with Gasteiger partial charge < -0.3 is 14.3 Å². The van der Waals surface area contributed by atoms with Crippen molar-refractivity contribution in [1.82, 2.24) is 0 Å². The van der Waals surface area contributed by atoms with E-state index in [9.17, 15) is 0 Å². The van der Waals surface area contributed by atoms with E-state index >= 15 is 0 Å². The summed E-state index contributed by atoms with van der Waals surface area (Å²) >= 11 is 0. The molecular weight excluding hydrogens is 220 g/mol. The van der Waals surface area contributed by atoms with Crippen LogP contribution in [0.1, 0.15) is 34.1 Å². The smallest absolute Gasteiger partial charge is 0.192 e. The molecule has 0 spiro atoms. The molecule has 0 bridgehead atoms. The first-order valence-electron chi connectivity index (χ1n) is 6.13. The molecule has 1 heterocycles. The van der Waals surface area contributed by atoms with Crippen molar-refractivity contribution < 1.29 is 14.3 Å². The molecule has 0 unspecified atom stereocenters. The number of hydrogen-bond acceptors (Lipinski definition) is 3. The van der Waals surface area contributed by atoms with Gasteiger partial charge in [0.25, 0.3) is 0 Å². The van der Waals surface area contributed by atoms with Gasteiger partial charge in [0.05, 0.1) is 12.2 Å². The van der Waals surface area contributed by atoms with Crippen molar-refractivity contribution in [1.29, 1.82) is 0 Å². The molecule has 0 aromatic rings. The van der Waals surface area contributed by atoms with Gasteiger partial charge >= 0.3 is 0 Å². The van der Waals surface area contributed by atoms with Crippen molar-refractivity contribution >= 4 is 8.32 Å². The molecule has 4 heteroatoms. The van der Waals surface area contributed by atoms with E-state index in [1.54, 1.807) is 0 Å². The fraction of sp³-hybridized carbons (Fsp3) is 1.00. The molecule has 0 aliphatic carbocycles. The maximum atomic E-state index is 8.83. The molecule has 96 valence electrons. The Morgan fingerprint density at radius 2 is 1.94 bits per heavy atom. The Morgan fingerprint density at radius 1 is 1.38 bits per heavy atom. The van der Waals surface area contributed by atoms with E-state index < -0.39 is 8.32 Å². The zero-order valence-corrected chi connectivity index (χ0v) is 12.4. The highest BCUT2D eigenvalue weighted by atomic mass is 28.4. The van der Waals surface area contributed by atoms with Crippen LogP contribution in [0.5, 0.6) is 0 Å². The van der Waals surface area contributed by atoms with Crippen molar-refractivity contribution in [2.24, 2.45) is 0 Å². The second-order valence-electron chi connectivity index (χ2n) is 6.23. The van der Waals surface area contributed by atoms with Gasteiger partial charge in [-0.15, -0.1) is 0 Å². The van der Waals surface area contributed by atoms with Crippen LogP contribution in [0, 0.1) is 0 Å². The van der Waals surface area contributed by atoms with Crippen LogP contribution in [0.25, 0.3) is 0 Å². The maximum Gasteiger partial charge on any atom is 0.192 e. The Bertz CT molecular complexity index is 235. The number of hydrogen-bond donors (Lipinski definition) is 1. The van der Waals surface area contributed by atoms with E-state index in [1.165, 1.54) is 0 Å². The molecule has 0 radical (unpaired) electrons. The van der Waals surface area contributed by atoms with Gasteiger partial charge in [0.1, 0.15) is 6.10 Å². The SMILES string of the molecule is C[C@H](O[Si](C)(C)C(C)(C)C)[C@@H]1O[C@@H]1CCO. The molecule has 0 aromatic carbocycles. The topological polar surface area (TPSA) is 42.0 Å². The summed E-state index contributed by atoms with van der Waals surface area (Å²) in [7, 11) is -1.69. The highest BCUT2D eigenvalue weighted by molar-refractivity contribution is 6.74. The van der Waals surface area contributed by atoms with Gasteiger partial charge in [-0.1, -0.05) is 20.8 Å². The maximum absolute atomic E-state index is 8.83. The molecule has 3 nitrogen and oxygen atoms in total. The summed E-state index contributed by atoms with van der Waals surface area (Å²) in [5.74, 6) is 0. The number of rotatable bonds is 5. The lowest BCUT2D eigenvalue weighted by molar-refractivity contribution is 0.158. The Balaban J connectivity index is 2.44. The second kappa shape index (κ2) is 4.76. The van der Waals surface area contributed by atoms with Crippen LogP contribution in [0.3, 0.4) is 0 Å². The first-order chi connectivity index (χ1) is 7.19. The van der Waals surface area contributed by atoms with Crippen LogP contribution in [0.2, 0.25) is 18.1 Å². The minimum atomic E-state index is -1.69. The number of epoxide rings is 1. The van der Waals surface area contributed by atoms with Crippen LogP contribution in [-0.4, -0.2) is 38.3 Å².